The highest BCUT2D eigenvalue weighted by molar-refractivity contribution is 7.07. The first-order chi connectivity index (χ1) is 10.2. The zero-order chi connectivity index (χ0) is 15.1. The van der Waals surface area contributed by atoms with Crippen LogP contribution < -0.4 is 5.32 Å². The molecule has 2 unspecified atom stereocenters. The van der Waals surface area contributed by atoms with Gasteiger partial charge in [0.15, 0.2) is 5.96 Å². The summed E-state index contributed by atoms with van der Waals surface area (Å²) < 4.78 is 5.46. The third kappa shape index (κ3) is 5.00. The van der Waals surface area contributed by atoms with E-state index >= 15 is 0 Å². The fourth-order valence-corrected chi connectivity index (χ4v) is 3.34. The van der Waals surface area contributed by atoms with Gasteiger partial charge in [0.1, 0.15) is 0 Å². The maximum atomic E-state index is 5.46. The van der Waals surface area contributed by atoms with E-state index in [-0.39, 0.29) is 0 Å². The summed E-state index contributed by atoms with van der Waals surface area (Å²) in [5.41, 5.74) is 1.38. The first-order valence-corrected chi connectivity index (χ1v) is 8.74. The second-order valence-corrected chi connectivity index (χ2v) is 6.54. The van der Waals surface area contributed by atoms with Crippen LogP contribution >= 0.6 is 11.3 Å². The van der Waals surface area contributed by atoms with Crippen molar-refractivity contribution in [3.8, 4) is 0 Å². The average molecular weight is 309 g/mol. The van der Waals surface area contributed by atoms with Gasteiger partial charge < -0.3 is 15.0 Å². The molecular weight excluding hydrogens is 282 g/mol. The van der Waals surface area contributed by atoms with Crippen LogP contribution in [0.1, 0.15) is 31.7 Å². The Morgan fingerprint density at radius 1 is 1.62 bits per heavy atom. The van der Waals surface area contributed by atoms with Crippen molar-refractivity contribution in [3.05, 3.63) is 22.4 Å². The molecule has 0 spiro atoms. The van der Waals surface area contributed by atoms with Crippen LogP contribution in [0.3, 0.4) is 0 Å². The molecule has 0 amide bonds. The van der Waals surface area contributed by atoms with Crippen molar-refractivity contribution >= 4 is 17.3 Å². The molecule has 2 heterocycles. The van der Waals surface area contributed by atoms with E-state index in [2.05, 4.69) is 47.9 Å². The Morgan fingerprint density at radius 2 is 2.48 bits per heavy atom. The van der Waals surface area contributed by atoms with Gasteiger partial charge in [-0.1, -0.05) is 6.92 Å². The second kappa shape index (κ2) is 8.39. The number of thiophene rings is 1. The summed E-state index contributed by atoms with van der Waals surface area (Å²) in [6.45, 7) is 8.88. The normalized spacial score (nSPS) is 20.5. The van der Waals surface area contributed by atoms with Gasteiger partial charge in [0, 0.05) is 45.1 Å². The van der Waals surface area contributed by atoms with E-state index in [1.807, 2.05) is 0 Å². The number of ether oxygens (including phenoxy) is 1. The summed E-state index contributed by atoms with van der Waals surface area (Å²) in [6.07, 6.45) is 1.16. The number of hydrogen-bond donors (Lipinski definition) is 1. The minimum absolute atomic E-state index is 0.466. The van der Waals surface area contributed by atoms with Gasteiger partial charge in [-0.05, 0) is 35.7 Å². The largest absolute Gasteiger partial charge is 0.381 e. The van der Waals surface area contributed by atoms with Crippen molar-refractivity contribution in [1.82, 2.24) is 10.2 Å². The zero-order valence-corrected chi connectivity index (χ0v) is 14.2. The minimum Gasteiger partial charge on any atom is -0.381 e. The Balaban J connectivity index is 1.91. The van der Waals surface area contributed by atoms with E-state index in [0.29, 0.717) is 11.8 Å². The molecule has 2 rings (SSSR count). The monoisotopic (exact) mass is 309 g/mol. The lowest BCUT2D eigenvalue weighted by atomic mass is 10.1. The van der Waals surface area contributed by atoms with E-state index in [4.69, 9.17) is 9.73 Å². The van der Waals surface area contributed by atoms with Crippen LogP contribution in [0.5, 0.6) is 0 Å². The van der Waals surface area contributed by atoms with Gasteiger partial charge in [0.05, 0.1) is 6.61 Å². The van der Waals surface area contributed by atoms with Gasteiger partial charge in [0.2, 0.25) is 0 Å². The summed E-state index contributed by atoms with van der Waals surface area (Å²) in [7, 11) is 2.12. The zero-order valence-electron chi connectivity index (χ0n) is 13.3. The number of guanidine groups is 1. The molecule has 4 nitrogen and oxygen atoms in total. The summed E-state index contributed by atoms with van der Waals surface area (Å²) in [6, 6.07) is 2.19. The molecule has 1 aromatic rings. The van der Waals surface area contributed by atoms with E-state index in [1.54, 1.807) is 11.3 Å². The van der Waals surface area contributed by atoms with Crippen LogP contribution in [0.4, 0.5) is 0 Å². The van der Waals surface area contributed by atoms with Crippen LogP contribution in [0.2, 0.25) is 0 Å². The van der Waals surface area contributed by atoms with Crippen LogP contribution in [-0.2, 0) is 4.74 Å². The van der Waals surface area contributed by atoms with Gasteiger partial charge in [-0.25, -0.2) is 0 Å². The molecule has 0 aromatic carbocycles. The number of hydrogen-bond acceptors (Lipinski definition) is 3. The van der Waals surface area contributed by atoms with Crippen molar-refractivity contribution in [3.63, 3.8) is 0 Å². The SMILES string of the molecule is CCNC(=NCC(C)c1ccsc1)N(C)CC1CCOC1. The summed E-state index contributed by atoms with van der Waals surface area (Å²) in [5, 5.41) is 7.74. The van der Waals surface area contributed by atoms with Crippen LogP contribution in [0, 0.1) is 5.92 Å². The van der Waals surface area contributed by atoms with E-state index < -0.39 is 0 Å². The maximum Gasteiger partial charge on any atom is 0.193 e. The summed E-state index contributed by atoms with van der Waals surface area (Å²) in [4.78, 5) is 7.05. The van der Waals surface area contributed by atoms with Crippen molar-refractivity contribution in [2.24, 2.45) is 10.9 Å². The summed E-state index contributed by atoms with van der Waals surface area (Å²) >= 11 is 1.75. The Kier molecular flexibility index (Phi) is 6.51. The first-order valence-electron chi connectivity index (χ1n) is 7.80. The molecule has 0 radical (unpaired) electrons. The number of aliphatic imine (C=N–C) groups is 1. The van der Waals surface area contributed by atoms with Crippen molar-refractivity contribution in [2.45, 2.75) is 26.2 Å². The first kappa shape index (κ1) is 16.3. The Labute approximate surface area is 132 Å². The molecular formula is C16H27N3OS. The Hall–Kier alpha value is -1.07. The van der Waals surface area contributed by atoms with Crippen LogP contribution in [0.25, 0.3) is 0 Å². The lowest BCUT2D eigenvalue weighted by Crippen LogP contribution is -2.41. The minimum atomic E-state index is 0.466. The van der Waals surface area contributed by atoms with Gasteiger partial charge in [-0.15, -0.1) is 0 Å². The molecule has 1 N–H and O–H groups in total. The molecule has 1 aliphatic heterocycles. The van der Waals surface area contributed by atoms with Gasteiger partial charge in [-0.3, -0.25) is 4.99 Å². The third-order valence-corrected chi connectivity index (χ3v) is 4.58. The molecule has 0 aliphatic carbocycles. The Morgan fingerprint density at radius 3 is 3.10 bits per heavy atom. The predicted octanol–water partition coefficient (Wildman–Crippen LogP) is 2.79. The topological polar surface area (TPSA) is 36.9 Å². The van der Waals surface area contributed by atoms with E-state index in [0.717, 1.165) is 45.2 Å². The highest BCUT2D eigenvalue weighted by Crippen LogP contribution is 2.18. The van der Waals surface area contributed by atoms with E-state index in [9.17, 15) is 0 Å². The summed E-state index contributed by atoms with van der Waals surface area (Å²) in [5.74, 6) is 2.10. The van der Waals surface area contributed by atoms with Gasteiger partial charge >= 0.3 is 0 Å². The van der Waals surface area contributed by atoms with Crippen molar-refractivity contribution < 1.29 is 4.74 Å². The van der Waals surface area contributed by atoms with Crippen LogP contribution in [-0.4, -0.2) is 50.8 Å². The smallest absolute Gasteiger partial charge is 0.193 e. The molecule has 0 saturated carbocycles. The third-order valence-electron chi connectivity index (χ3n) is 3.88. The Bertz CT molecular complexity index is 427. The number of rotatable bonds is 6. The standard InChI is InChI=1S/C16H27N3OS/c1-4-17-16(19(3)10-14-5-7-20-11-14)18-9-13(2)15-6-8-21-12-15/h6,8,12-14H,4-5,7,9-11H2,1-3H3,(H,17,18). The maximum absolute atomic E-state index is 5.46. The highest BCUT2D eigenvalue weighted by atomic mass is 32.1. The predicted molar refractivity (Wildman–Crippen MR) is 90.3 cm³/mol. The number of nitrogens with one attached hydrogen (secondary N) is 1. The fourth-order valence-electron chi connectivity index (χ4n) is 2.55. The number of nitrogens with zero attached hydrogens (tertiary/aromatic N) is 2. The van der Waals surface area contributed by atoms with Gasteiger partial charge in [0.25, 0.3) is 0 Å². The van der Waals surface area contributed by atoms with E-state index in [1.165, 1.54) is 5.56 Å². The molecule has 1 aromatic heterocycles. The molecule has 0 bridgehead atoms. The molecule has 118 valence electrons. The quantitative estimate of drug-likeness (QED) is 0.648. The molecule has 1 aliphatic rings. The average Bonchev–Trinajstić information content (AvgIpc) is 3.15. The molecule has 21 heavy (non-hydrogen) atoms. The fraction of sp³-hybridized carbons (Fsp3) is 0.688. The van der Waals surface area contributed by atoms with Gasteiger partial charge in [-0.2, -0.15) is 11.3 Å². The van der Waals surface area contributed by atoms with Crippen molar-refractivity contribution in [1.29, 1.82) is 0 Å². The molecule has 5 heteroatoms. The molecule has 2 atom stereocenters. The lowest BCUT2D eigenvalue weighted by molar-refractivity contribution is 0.181. The second-order valence-electron chi connectivity index (χ2n) is 5.76. The van der Waals surface area contributed by atoms with Crippen LogP contribution in [0.15, 0.2) is 21.8 Å². The molecule has 1 fully saturated rings. The van der Waals surface area contributed by atoms with Crippen molar-refractivity contribution in [2.75, 3.05) is 39.9 Å². The molecule has 1 saturated heterocycles. The lowest BCUT2D eigenvalue weighted by Gasteiger charge is -2.25. The highest BCUT2D eigenvalue weighted by Gasteiger charge is 2.19.